The molecule has 0 aliphatic carbocycles. The van der Waals surface area contributed by atoms with E-state index in [1.807, 2.05) is 30.3 Å². The van der Waals surface area contributed by atoms with Gasteiger partial charge in [-0.3, -0.25) is 4.79 Å². The van der Waals surface area contributed by atoms with Gasteiger partial charge in [-0.15, -0.1) is 0 Å². The fourth-order valence-corrected chi connectivity index (χ4v) is 2.01. The summed E-state index contributed by atoms with van der Waals surface area (Å²) >= 11 is 0. The molecule has 98 valence electrons. The Bertz CT molecular complexity index is 854. The van der Waals surface area contributed by atoms with Gasteiger partial charge in [0.15, 0.2) is 0 Å². The van der Waals surface area contributed by atoms with Gasteiger partial charge >= 0.3 is 5.97 Å². The molecule has 2 aromatic heterocycles. The maximum Gasteiger partial charge on any atom is 0.341 e. The molecule has 0 unspecified atom stereocenters. The van der Waals surface area contributed by atoms with Gasteiger partial charge < -0.3 is 10.1 Å². The Morgan fingerprint density at radius 1 is 1.10 bits per heavy atom. The Morgan fingerprint density at radius 3 is 2.55 bits per heavy atom. The van der Waals surface area contributed by atoms with Crippen LogP contribution in [0.25, 0.3) is 22.3 Å². The van der Waals surface area contributed by atoms with Gasteiger partial charge in [0.2, 0.25) is 0 Å². The molecule has 5 nitrogen and oxygen atoms in total. The van der Waals surface area contributed by atoms with Crippen molar-refractivity contribution < 1.29 is 9.90 Å². The molecule has 0 aliphatic heterocycles. The maximum atomic E-state index is 11.6. The minimum absolute atomic E-state index is 0.285. The number of benzene rings is 1. The summed E-state index contributed by atoms with van der Waals surface area (Å²) in [4.78, 5) is 29.4. The third-order valence-electron chi connectivity index (χ3n) is 3.00. The van der Waals surface area contributed by atoms with Crippen molar-refractivity contribution in [2.75, 3.05) is 0 Å². The monoisotopic (exact) mass is 266 g/mol. The average molecular weight is 266 g/mol. The van der Waals surface area contributed by atoms with Crippen LogP contribution in [0.5, 0.6) is 0 Å². The Balaban J connectivity index is 2.20. The fraction of sp³-hybridized carbons (Fsp3) is 0. The first-order valence-electron chi connectivity index (χ1n) is 5.98. The van der Waals surface area contributed by atoms with Crippen molar-refractivity contribution in [1.29, 1.82) is 0 Å². The van der Waals surface area contributed by atoms with E-state index in [2.05, 4.69) is 9.97 Å². The standard InChI is InChI=1S/C15H10N2O3/c18-14-11(15(19)20)8-10-6-7-12(16-13(10)17-14)9-4-2-1-3-5-9/h1-8H,(H,19,20)(H,16,17,18). The van der Waals surface area contributed by atoms with Gasteiger partial charge in [0, 0.05) is 10.9 Å². The number of nitrogens with zero attached hydrogens (tertiary/aromatic N) is 1. The lowest BCUT2D eigenvalue weighted by Gasteiger charge is -2.03. The highest BCUT2D eigenvalue weighted by Gasteiger charge is 2.11. The number of rotatable bonds is 2. The van der Waals surface area contributed by atoms with E-state index < -0.39 is 11.5 Å². The fourth-order valence-electron chi connectivity index (χ4n) is 2.01. The lowest BCUT2D eigenvalue weighted by molar-refractivity contribution is 0.0695. The van der Waals surface area contributed by atoms with Crippen molar-refractivity contribution in [1.82, 2.24) is 9.97 Å². The first kappa shape index (κ1) is 12.1. The van der Waals surface area contributed by atoms with E-state index in [4.69, 9.17) is 5.11 Å². The molecule has 0 spiro atoms. The summed E-state index contributed by atoms with van der Waals surface area (Å²) in [7, 11) is 0. The van der Waals surface area contributed by atoms with Crippen molar-refractivity contribution in [2.45, 2.75) is 0 Å². The third-order valence-corrected chi connectivity index (χ3v) is 3.00. The van der Waals surface area contributed by atoms with Crippen molar-refractivity contribution in [3.63, 3.8) is 0 Å². The lowest BCUT2D eigenvalue weighted by atomic mass is 10.1. The van der Waals surface area contributed by atoms with E-state index in [1.165, 1.54) is 6.07 Å². The number of nitrogens with one attached hydrogen (secondary N) is 1. The number of carboxylic acids is 1. The van der Waals surface area contributed by atoms with Crippen molar-refractivity contribution in [2.24, 2.45) is 0 Å². The second-order valence-electron chi connectivity index (χ2n) is 4.32. The quantitative estimate of drug-likeness (QED) is 0.745. The minimum atomic E-state index is -1.25. The van der Waals surface area contributed by atoms with E-state index >= 15 is 0 Å². The molecule has 2 heterocycles. The second-order valence-corrected chi connectivity index (χ2v) is 4.32. The molecule has 0 radical (unpaired) electrons. The summed E-state index contributed by atoms with van der Waals surface area (Å²) < 4.78 is 0. The van der Waals surface area contributed by atoms with Gasteiger partial charge in [-0.1, -0.05) is 30.3 Å². The van der Waals surface area contributed by atoms with E-state index in [0.717, 1.165) is 11.3 Å². The number of hydrogen-bond donors (Lipinski definition) is 2. The van der Waals surface area contributed by atoms with Crippen LogP contribution >= 0.6 is 0 Å². The summed E-state index contributed by atoms with van der Waals surface area (Å²) in [6, 6.07) is 14.4. The van der Waals surface area contributed by atoms with Gasteiger partial charge in [-0.05, 0) is 18.2 Å². The minimum Gasteiger partial charge on any atom is -0.477 e. The van der Waals surface area contributed by atoms with Crippen molar-refractivity contribution >= 4 is 17.0 Å². The molecule has 1 aromatic carbocycles. The lowest BCUT2D eigenvalue weighted by Crippen LogP contribution is -2.17. The first-order valence-corrected chi connectivity index (χ1v) is 5.98. The molecular weight excluding hydrogens is 256 g/mol. The molecule has 20 heavy (non-hydrogen) atoms. The Labute approximate surface area is 113 Å². The van der Waals surface area contributed by atoms with Crippen LogP contribution in [0, 0.1) is 0 Å². The summed E-state index contributed by atoms with van der Waals surface area (Å²) in [5.41, 5.74) is 1.09. The molecule has 0 fully saturated rings. The summed E-state index contributed by atoms with van der Waals surface area (Å²) in [5, 5.41) is 9.50. The predicted molar refractivity (Wildman–Crippen MR) is 74.8 cm³/mol. The Hall–Kier alpha value is -2.95. The topological polar surface area (TPSA) is 83.0 Å². The molecule has 0 saturated carbocycles. The van der Waals surface area contributed by atoms with Crippen LogP contribution in [0.2, 0.25) is 0 Å². The number of carboxylic acid groups (broad SMARTS) is 1. The van der Waals surface area contributed by atoms with Crippen LogP contribution in [0.15, 0.2) is 53.3 Å². The molecule has 0 aliphatic rings. The summed E-state index contributed by atoms with van der Waals surface area (Å²) in [6.07, 6.45) is 0. The zero-order chi connectivity index (χ0) is 14.1. The van der Waals surface area contributed by atoms with Crippen LogP contribution in [-0.4, -0.2) is 21.0 Å². The molecular formula is C15H10N2O3. The van der Waals surface area contributed by atoms with Crippen LogP contribution in [0.1, 0.15) is 10.4 Å². The number of carbonyl (C=O) groups is 1. The Morgan fingerprint density at radius 2 is 1.85 bits per heavy atom. The van der Waals surface area contributed by atoms with Crippen molar-refractivity contribution in [3.05, 3.63) is 64.4 Å². The van der Waals surface area contributed by atoms with E-state index in [-0.39, 0.29) is 5.56 Å². The van der Waals surface area contributed by atoms with Crippen LogP contribution in [-0.2, 0) is 0 Å². The second kappa shape index (κ2) is 4.62. The summed E-state index contributed by atoms with van der Waals surface area (Å²) in [6.45, 7) is 0. The van der Waals surface area contributed by atoms with Gasteiger partial charge in [-0.25, -0.2) is 9.78 Å². The van der Waals surface area contributed by atoms with Gasteiger partial charge in [0.05, 0.1) is 5.69 Å². The Kier molecular flexibility index (Phi) is 2.80. The highest BCUT2D eigenvalue weighted by molar-refractivity contribution is 5.91. The molecule has 5 heteroatoms. The molecule has 2 N–H and O–H groups in total. The van der Waals surface area contributed by atoms with Crippen LogP contribution in [0.3, 0.4) is 0 Å². The van der Waals surface area contributed by atoms with E-state index in [1.54, 1.807) is 12.1 Å². The highest BCUT2D eigenvalue weighted by atomic mass is 16.4. The molecule has 0 bridgehead atoms. The number of H-pyrrole nitrogens is 1. The predicted octanol–water partition coefficient (Wildman–Crippen LogP) is 2.29. The van der Waals surface area contributed by atoms with Gasteiger partial charge in [-0.2, -0.15) is 0 Å². The molecule has 3 rings (SSSR count). The normalized spacial score (nSPS) is 10.6. The van der Waals surface area contributed by atoms with Gasteiger partial charge in [0.1, 0.15) is 11.2 Å². The van der Waals surface area contributed by atoms with Crippen molar-refractivity contribution in [3.8, 4) is 11.3 Å². The molecule has 3 aromatic rings. The number of hydrogen-bond acceptors (Lipinski definition) is 3. The number of aromatic amines is 1. The van der Waals surface area contributed by atoms with E-state index in [9.17, 15) is 9.59 Å². The third kappa shape index (κ3) is 2.05. The number of aromatic nitrogens is 2. The SMILES string of the molecule is O=C(O)c1cc2ccc(-c3ccccc3)nc2[nH]c1=O. The maximum absolute atomic E-state index is 11.6. The zero-order valence-corrected chi connectivity index (χ0v) is 10.3. The number of fused-ring (bicyclic) bond motifs is 1. The number of aromatic carboxylic acids is 1. The number of pyridine rings is 2. The van der Waals surface area contributed by atoms with E-state index in [0.29, 0.717) is 11.0 Å². The van der Waals surface area contributed by atoms with Gasteiger partial charge in [0.25, 0.3) is 5.56 Å². The largest absolute Gasteiger partial charge is 0.477 e. The smallest absolute Gasteiger partial charge is 0.341 e. The first-order chi connectivity index (χ1) is 9.65. The summed E-state index contributed by atoms with van der Waals surface area (Å²) in [5.74, 6) is -1.25. The molecule has 0 amide bonds. The average Bonchev–Trinajstić information content (AvgIpc) is 2.46. The zero-order valence-electron chi connectivity index (χ0n) is 10.3. The highest BCUT2D eigenvalue weighted by Crippen LogP contribution is 2.19. The van der Waals surface area contributed by atoms with Crippen LogP contribution in [0.4, 0.5) is 0 Å². The molecule has 0 saturated heterocycles. The molecule has 0 atom stereocenters. The van der Waals surface area contributed by atoms with Crippen LogP contribution < -0.4 is 5.56 Å².